The molecule has 0 aliphatic heterocycles. The average molecular weight is 156 g/mol. The fourth-order valence-corrected chi connectivity index (χ4v) is 0.269. The predicted molar refractivity (Wildman–Crippen MR) is 27.9 cm³/mol. The van der Waals surface area contributed by atoms with E-state index >= 15 is 0 Å². The van der Waals surface area contributed by atoms with Crippen molar-refractivity contribution in [2.45, 2.75) is 13.1 Å². The Hall–Kier alpha value is -0.780. The zero-order valence-corrected chi connectivity index (χ0v) is 5.25. The maximum Gasteiger partial charge on any atom is 0.402 e. The van der Waals surface area contributed by atoms with Crippen molar-refractivity contribution in [2.75, 3.05) is 6.54 Å². The molecule has 3 nitrogen and oxygen atoms in total. The van der Waals surface area contributed by atoms with E-state index in [2.05, 4.69) is 0 Å². The van der Waals surface area contributed by atoms with Crippen molar-refractivity contribution >= 4 is 5.91 Å². The van der Waals surface area contributed by atoms with Crippen LogP contribution in [0.15, 0.2) is 0 Å². The van der Waals surface area contributed by atoms with Gasteiger partial charge in [-0.1, -0.05) is 0 Å². The first-order valence-electron chi connectivity index (χ1n) is 2.48. The molecule has 1 amide bonds. The minimum atomic E-state index is -4.29. The average Bonchev–Trinajstić information content (AvgIpc) is 1.59. The van der Waals surface area contributed by atoms with E-state index in [4.69, 9.17) is 0 Å². The van der Waals surface area contributed by atoms with Crippen LogP contribution in [0, 0.1) is 0 Å². The Kier molecular flexibility index (Phi) is 3.14. The molecule has 2 N–H and O–H groups in total. The lowest BCUT2D eigenvalue weighted by Gasteiger charge is -2.07. The summed E-state index contributed by atoms with van der Waals surface area (Å²) in [6.07, 6.45) is -4.29. The SMILES string of the molecule is CC(=O)NNCC(F)(F)F. The molecule has 0 unspecified atom stereocenters. The van der Waals surface area contributed by atoms with E-state index in [1.54, 1.807) is 10.9 Å². The normalized spacial score (nSPS) is 11.2. The standard InChI is InChI=1S/C4H7F3N2O/c1-3(10)9-8-2-4(5,6)7/h8H,2H2,1H3,(H,9,10). The molecule has 0 heterocycles. The van der Waals surface area contributed by atoms with Gasteiger partial charge < -0.3 is 0 Å². The lowest BCUT2D eigenvalue weighted by atomic mass is 10.6. The predicted octanol–water partition coefficient (Wildman–Crippen LogP) is 0.189. The van der Waals surface area contributed by atoms with E-state index < -0.39 is 18.6 Å². The van der Waals surface area contributed by atoms with Crippen LogP contribution in [0.3, 0.4) is 0 Å². The number of carbonyl (C=O) groups excluding carboxylic acids is 1. The molecule has 6 heteroatoms. The van der Waals surface area contributed by atoms with Gasteiger partial charge in [0, 0.05) is 6.92 Å². The Morgan fingerprint density at radius 1 is 1.50 bits per heavy atom. The number of hydrogen-bond acceptors (Lipinski definition) is 2. The van der Waals surface area contributed by atoms with Crippen molar-refractivity contribution in [3.05, 3.63) is 0 Å². The van der Waals surface area contributed by atoms with Crippen molar-refractivity contribution in [3.8, 4) is 0 Å². The second-order valence-corrected chi connectivity index (χ2v) is 1.65. The summed E-state index contributed by atoms with van der Waals surface area (Å²) in [5, 5.41) is 0. The van der Waals surface area contributed by atoms with Gasteiger partial charge in [0.15, 0.2) is 0 Å². The summed E-state index contributed by atoms with van der Waals surface area (Å²) in [6.45, 7) is -0.101. The number of amides is 1. The van der Waals surface area contributed by atoms with Crippen LogP contribution in [0.25, 0.3) is 0 Å². The van der Waals surface area contributed by atoms with E-state index in [0.29, 0.717) is 0 Å². The Morgan fingerprint density at radius 2 is 2.00 bits per heavy atom. The first kappa shape index (κ1) is 9.22. The second-order valence-electron chi connectivity index (χ2n) is 1.65. The fraction of sp³-hybridized carbons (Fsp3) is 0.750. The van der Waals surface area contributed by atoms with Crippen LogP contribution in [0.5, 0.6) is 0 Å². The Balaban J connectivity index is 3.29. The minimum Gasteiger partial charge on any atom is -0.292 e. The highest BCUT2D eigenvalue weighted by Gasteiger charge is 2.26. The van der Waals surface area contributed by atoms with Gasteiger partial charge in [-0.2, -0.15) is 13.2 Å². The van der Waals surface area contributed by atoms with Gasteiger partial charge in [0.05, 0.1) is 0 Å². The second kappa shape index (κ2) is 3.40. The van der Waals surface area contributed by atoms with Crippen molar-refractivity contribution < 1.29 is 18.0 Å². The number of halogens is 3. The van der Waals surface area contributed by atoms with Crippen LogP contribution >= 0.6 is 0 Å². The largest absolute Gasteiger partial charge is 0.402 e. The molecule has 0 atom stereocenters. The Bertz CT molecular complexity index is 122. The van der Waals surface area contributed by atoms with Crippen LogP contribution in [-0.2, 0) is 4.79 Å². The highest BCUT2D eigenvalue weighted by Crippen LogP contribution is 2.11. The van der Waals surface area contributed by atoms with Gasteiger partial charge in [-0.3, -0.25) is 10.2 Å². The minimum absolute atomic E-state index is 0.552. The van der Waals surface area contributed by atoms with Gasteiger partial charge in [0.25, 0.3) is 0 Å². The molecule has 0 bridgehead atoms. The quantitative estimate of drug-likeness (QED) is 0.560. The van der Waals surface area contributed by atoms with Crippen LogP contribution < -0.4 is 10.9 Å². The molecule has 0 aromatic rings. The molecular weight excluding hydrogens is 149 g/mol. The summed E-state index contributed by atoms with van der Waals surface area (Å²) in [5.41, 5.74) is 3.49. The lowest BCUT2D eigenvalue weighted by Crippen LogP contribution is -2.41. The van der Waals surface area contributed by atoms with Crippen molar-refractivity contribution in [1.29, 1.82) is 0 Å². The molecule has 0 spiro atoms. The molecule has 0 radical (unpaired) electrons. The van der Waals surface area contributed by atoms with Gasteiger partial charge in [0.1, 0.15) is 6.54 Å². The molecule has 0 saturated carbocycles. The van der Waals surface area contributed by atoms with E-state index in [0.717, 1.165) is 6.92 Å². The molecule has 0 aromatic carbocycles. The monoisotopic (exact) mass is 156 g/mol. The first-order valence-corrected chi connectivity index (χ1v) is 2.48. The molecule has 0 fully saturated rings. The van der Waals surface area contributed by atoms with E-state index in [9.17, 15) is 18.0 Å². The first-order chi connectivity index (χ1) is 4.42. The number of rotatable bonds is 2. The summed E-state index contributed by atoms with van der Waals surface area (Å²) in [7, 11) is 0. The Morgan fingerprint density at radius 3 is 2.30 bits per heavy atom. The maximum atomic E-state index is 11.3. The zero-order valence-electron chi connectivity index (χ0n) is 5.25. The summed E-state index contributed by atoms with van der Waals surface area (Å²) in [5.74, 6) is -0.552. The van der Waals surface area contributed by atoms with Crippen LogP contribution in [0.4, 0.5) is 13.2 Å². The molecule has 0 saturated heterocycles. The number of carbonyl (C=O) groups is 1. The van der Waals surface area contributed by atoms with Gasteiger partial charge in [0.2, 0.25) is 5.91 Å². The lowest BCUT2D eigenvalue weighted by molar-refractivity contribution is -0.131. The van der Waals surface area contributed by atoms with Crippen LogP contribution in [-0.4, -0.2) is 18.6 Å². The maximum absolute atomic E-state index is 11.3. The summed E-state index contributed by atoms with van der Waals surface area (Å²) >= 11 is 0. The van der Waals surface area contributed by atoms with Crippen molar-refractivity contribution in [3.63, 3.8) is 0 Å². The fourth-order valence-electron chi connectivity index (χ4n) is 0.269. The number of hydrazine groups is 1. The van der Waals surface area contributed by atoms with Gasteiger partial charge in [-0.25, -0.2) is 5.43 Å². The van der Waals surface area contributed by atoms with Crippen LogP contribution in [0.1, 0.15) is 6.92 Å². The summed E-state index contributed by atoms with van der Waals surface area (Å²) in [4.78, 5) is 9.99. The van der Waals surface area contributed by atoms with Gasteiger partial charge in [-0.05, 0) is 0 Å². The van der Waals surface area contributed by atoms with E-state index in [1.165, 1.54) is 0 Å². The summed E-state index contributed by atoms with van der Waals surface area (Å²) < 4.78 is 33.9. The third-order valence-corrected chi connectivity index (χ3v) is 0.553. The topological polar surface area (TPSA) is 41.1 Å². The highest BCUT2D eigenvalue weighted by molar-refractivity contribution is 5.72. The molecular formula is C4H7F3N2O. The van der Waals surface area contributed by atoms with Crippen molar-refractivity contribution in [2.24, 2.45) is 0 Å². The molecule has 10 heavy (non-hydrogen) atoms. The Labute approximate surface area is 55.6 Å². The molecule has 60 valence electrons. The summed E-state index contributed by atoms with van der Waals surface area (Å²) in [6, 6.07) is 0. The van der Waals surface area contributed by atoms with Gasteiger partial charge in [-0.15, -0.1) is 0 Å². The smallest absolute Gasteiger partial charge is 0.292 e. The zero-order chi connectivity index (χ0) is 8.20. The number of hydrogen-bond donors (Lipinski definition) is 2. The molecule has 0 aliphatic carbocycles. The third kappa shape index (κ3) is 7.22. The van der Waals surface area contributed by atoms with Crippen LogP contribution in [0.2, 0.25) is 0 Å². The molecule has 0 rings (SSSR count). The van der Waals surface area contributed by atoms with E-state index in [1.807, 2.05) is 0 Å². The number of nitrogens with one attached hydrogen (secondary N) is 2. The molecule has 0 aliphatic rings. The molecule has 0 aromatic heterocycles. The van der Waals surface area contributed by atoms with E-state index in [-0.39, 0.29) is 0 Å². The highest BCUT2D eigenvalue weighted by atomic mass is 19.4. The third-order valence-electron chi connectivity index (χ3n) is 0.553. The van der Waals surface area contributed by atoms with Crippen molar-refractivity contribution in [1.82, 2.24) is 10.9 Å². The number of alkyl halides is 3. The van der Waals surface area contributed by atoms with Gasteiger partial charge >= 0.3 is 6.18 Å².